The van der Waals surface area contributed by atoms with Gasteiger partial charge in [0.05, 0.1) is 11.1 Å². The van der Waals surface area contributed by atoms with Crippen molar-refractivity contribution in [3.05, 3.63) is 63.6 Å². The highest BCUT2D eigenvalue weighted by molar-refractivity contribution is 7.99. The summed E-state index contributed by atoms with van der Waals surface area (Å²) in [6.07, 6.45) is 0. The number of fused-ring (bicyclic) bond motifs is 1. The summed E-state index contributed by atoms with van der Waals surface area (Å²) < 4.78 is 0. The van der Waals surface area contributed by atoms with Crippen LogP contribution in [0, 0.1) is 18.3 Å². The van der Waals surface area contributed by atoms with E-state index in [0.717, 1.165) is 22.0 Å². The topological polar surface area (TPSA) is 78.2 Å². The van der Waals surface area contributed by atoms with Crippen LogP contribution >= 0.6 is 35.0 Å². The van der Waals surface area contributed by atoms with Crippen molar-refractivity contribution in [2.75, 3.05) is 0 Å². The Morgan fingerprint density at radius 1 is 1.07 bits per heavy atom. The molecule has 0 bridgehead atoms. The Kier molecular flexibility index (Phi) is 4.75. The zero-order valence-corrected chi connectivity index (χ0v) is 16.3. The highest BCUT2D eigenvalue weighted by Gasteiger charge is 2.16. The number of aryl methyl sites for hydroxylation is 1. The summed E-state index contributed by atoms with van der Waals surface area (Å²) in [5.41, 5.74) is 2.97. The van der Waals surface area contributed by atoms with E-state index in [1.54, 1.807) is 18.2 Å². The van der Waals surface area contributed by atoms with Crippen molar-refractivity contribution in [1.29, 1.82) is 5.26 Å². The fourth-order valence-corrected chi connectivity index (χ4v) is 4.12. The third kappa shape index (κ3) is 3.50. The van der Waals surface area contributed by atoms with Crippen LogP contribution < -0.4 is 0 Å². The zero-order chi connectivity index (χ0) is 19.0. The number of hydrogen-bond acceptors (Lipinski definition) is 5. The first-order chi connectivity index (χ1) is 13.0. The molecule has 0 amide bonds. The van der Waals surface area contributed by atoms with E-state index >= 15 is 0 Å². The number of aromatic amines is 1. The lowest BCUT2D eigenvalue weighted by molar-refractivity contribution is 0.968. The molecule has 0 fully saturated rings. The number of aromatic nitrogens is 4. The average Bonchev–Trinajstić information content (AvgIpc) is 3.10. The van der Waals surface area contributed by atoms with Gasteiger partial charge >= 0.3 is 0 Å². The Hall–Kier alpha value is -2.59. The van der Waals surface area contributed by atoms with Crippen LogP contribution in [0.3, 0.4) is 0 Å². The van der Waals surface area contributed by atoms with Crippen LogP contribution in [-0.2, 0) is 0 Å². The fraction of sp³-hybridized carbons (Fsp3) is 0.0526. The van der Waals surface area contributed by atoms with Gasteiger partial charge in [-0.25, -0.2) is 9.97 Å². The highest BCUT2D eigenvalue weighted by Crippen LogP contribution is 2.33. The molecule has 0 saturated heterocycles. The SMILES string of the molecule is Cc1c(C#N)c(Sc2n[nH]c(-c3cc(Cl)cc(Cl)c3)n2)nc2ccccc12. The molecule has 2 heterocycles. The van der Waals surface area contributed by atoms with E-state index < -0.39 is 0 Å². The first-order valence-electron chi connectivity index (χ1n) is 7.91. The number of benzene rings is 2. The van der Waals surface area contributed by atoms with Crippen molar-refractivity contribution in [2.24, 2.45) is 0 Å². The Labute approximate surface area is 169 Å². The van der Waals surface area contributed by atoms with Crippen LogP contribution in [0.1, 0.15) is 11.1 Å². The van der Waals surface area contributed by atoms with E-state index in [1.807, 2.05) is 31.2 Å². The van der Waals surface area contributed by atoms with E-state index in [2.05, 4.69) is 26.2 Å². The summed E-state index contributed by atoms with van der Waals surface area (Å²) >= 11 is 13.3. The van der Waals surface area contributed by atoms with E-state index in [4.69, 9.17) is 23.2 Å². The molecule has 0 spiro atoms. The molecule has 8 heteroatoms. The predicted molar refractivity (Wildman–Crippen MR) is 107 cm³/mol. The van der Waals surface area contributed by atoms with Gasteiger partial charge in [0.1, 0.15) is 11.1 Å². The number of nitrogens with one attached hydrogen (secondary N) is 1. The third-order valence-corrected chi connectivity index (χ3v) is 5.31. The van der Waals surface area contributed by atoms with Gasteiger partial charge in [-0.3, -0.25) is 5.10 Å². The van der Waals surface area contributed by atoms with Gasteiger partial charge in [0.15, 0.2) is 5.82 Å². The van der Waals surface area contributed by atoms with Crippen molar-refractivity contribution < 1.29 is 0 Å². The van der Waals surface area contributed by atoms with Crippen LogP contribution in [-0.4, -0.2) is 20.2 Å². The first-order valence-corrected chi connectivity index (χ1v) is 9.48. The first kappa shape index (κ1) is 17.8. The monoisotopic (exact) mass is 411 g/mol. The normalized spacial score (nSPS) is 10.9. The fourth-order valence-electron chi connectivity index (χ4n) is 2.75. The minimum absolute atomic E-state index is 0.458. The second-order valence-corrected chi connectivity index (χ2v) is 7.60. The molecule has 132 valence electrons. The minimum atomic E-state index is 0.458. The smallest absolute Gasteiger partial charge is 0.215 e. The van der Waals surface area contributed by atoms with Gasteiger partial charge in [-0.1, -0.05) is 41.4 Å². The zero-order valence-electron chi connectivity index (χ0n) is 14.0. The highest BCUT2D eigenvalue weighted by atomic mass is 35.5. The van der Waals surface area contributed by atoms with Crippen molar-refractivity contribution >= 4 is 45.9 Å². The maximum Gasteiger partial charge on any atom is 0.215 e. The maximum absolute atomic E-state index is 9.60. The summed E-state index contributed by atoms with van der Waals surface area (Å²) in [7, 11) is 0. The second-order valence-electron chi connectivity index (χ2n) is 5.77. The molecule has 0 radical (unpaired) electrons. The summed E-state index contributed by atoms with van der Waals surface area (Å²) in [4.78, 5) is 9.09. The number of H-pyrrole nitrogens is 1. The summed E-state index contributed by atoms with van der Waals surface area (Å²) in [6.45, 7) is 1.92. The molecule has 27 heavy (non-hydrogen) atoms. The number of hydrogen-bond donors (Lipinski definition) is 1. The minimum Gasteiger partial charge on any atom is -0.258 e. The van der Waals surface area contributed by atoms with E-state index in [-0.39, 0.29) is 0 Å². The molecular formula is C19H11Cl2N5S. The Morgan fingerprint density at radius 2 is 1.81 bits per heavy atom. The lowest BCUT2D eigenvalue weighted by Gasteiger charge is -2.07. The summed E-state index contributed by atoms with van der Waals surface area (Å²) in [5.74, 6) is 0.540. The summed E-state index contributed by atoms with van der Waals surface area (Å²) in [6, 6.07) is 15.1. The molecule has 1 N–H and O–H groups in total. The molecule has 0 aliphatic heterocycles. The lowest BCUT2D eigenvalue weighted by atomic mass is 10.1. The number of pyridine rings is 1. The van der Waals surface area contributed by atoms with Crippen molar-refractivity contribution in [1.82, 2.24) is 20.2 Å². The Morgan fingerprint density at radius 3 is 2.56 bits per heavy atom. The predicted octanol–water partition coefficient (Wildman–Crippen LogP) is 5.66. The standard InChI is InChI=1S/C19H11Cl2N5S/c1-10-14-4-2-3-5-16(14)23-18(15(10)9-22)27-19-24-17(25-26-19)11-6-12(20)8-13(21)7-11/h2-8H,1H3,(H,24,25,26). The van der Waals surface area contributed by atoms with Crippen LogP contribution in [0.4, 0.5) is 0 Å². The van der Waals surface area contributed by atoms with Crippen LogP contribution in [0.15, 0.2) is 52.6 Å². The molecule has 0 aliphatic rings. The molecule has 4 rings (SSSR count). The van der Waals surface area contributed by atoms with Gasteiger partial charge in [-0.15, -0.1) is 5.10 Å². The van der Waals surface area contributed by atoms with Crippen LogP contribution in [0.2, 0.25) is 10.0 Å². The van der Waals surface area contributed by atoms with Crippen LogP contribution in [0.25, 0.3) is 22.3 Å². The quantitative estimate of drug-likeness (QED) is 0.470. The Bertz CT molecular complexity index is 1190. The average molecular weight is 412 g/mol. The van der Waals surface area contributed by atoms with E-state index in [1.165, 1.54) is 11.8 Å². The van der Waals surface area contributed by atoms with Gasteiger partial charge < -0.3 is 0 Å². The number of rotatable bonds is 3. The number of nitriles is 1. The molecule has 2 aromatic carbocycles. The molecule has 0 aliphatic carbocycles. The van der Waals surface area contributed by atoms with Gasteiger partial charge in [-0.2, -0.15) is 5.26 Å². The Balaban J connectivity index is 1.73. The lowest BCUT2D eigenvalue weighted by Crippen LogP contribution is -1.94. The molecular weight excluding hydrogens is 401 g/mol. The number of para-hydroxylation sites is 1. The van der Waals surface area contributed by atoms with E-state index in [9.17, 15) is 5.26 Å². The van der Waals surface area contributed by atoms with Gasteiger partial charge in [-0.05, 0) is 48.5 Å². The molecule has 5 nitrogen and oxygen atoms in total. The number of nitrogens with zero attached hydrogens (tertiary/aromatic N) is 4. The summed E-state index contributed by atoms with van der Waals surface area (Å²) in [5, 5.41) is 19.7. The van der Waals surface area contributed by atoms with Gasteiger partial charge in [0.25, 0.3) is 0 Å². The van der Waals surface area contributed by atoms with Crippen molar-refractivity contribution in [2.45, 2.75) is 17.1 Å². The second kappa shape index (κ2) is 7.20. The molecule has 0 atom stereocenters. The van der Waals surface area contributed by atoms with Gasteiger partial charge in [0.2, 0.25) is 5.16 Å². The molecule has 4 aromatic rings. The molecule has 2 aromatic heterocycles. The van der Waals surface area contributed by atoms with Crippen molar-refractivity contribution in [3.8, 4) is 17.5 Å². The van der Waals surface area contributed by atoms with Crippen molar-refractivity contribution in [3.63, 3.8) is 0 Å². The van der Waals surface area contributed by atoms with E-state index in [0.29, 0.717) is 31.6 Å². The largest absolute Gasteiger partial charge is 0.258 e. The van der Waals surface area contributed by atoms with Crippen LogP contribution in [0.5, 0.6) is 0 Å². The number of halogens is 2. The molecule has 0 unspecified atom stereocenters. The molecule has 0 saturated carbocycles. The van der Waals surface area contributed by atoms with Gasteiger partial charge in [0, 0.05) is 21.0 Å². The third-order valence-electron chi connectivity index (χ3n) is 4.02. The maximum atomic E-state index is 9.60.